The van der Waals surface area contributed by atoms with Gasteiger partial charge in [-0.05, 0) is 18.6 Å². The van der Waals surface area contributed by atoms with Crippen LogP contribution in [0.1, 0.15) is 17.7 Å². The van der Waals surface area contributed by atoms with E-state index >= 15 is 0 Å². The minimum atomic E-state index is -1.10. The number of pyridine rings is 1. The summed E-state index contributed by atoms with van der Waals surface area (Å²) in [5.41, 5.74) is 1.71. The number of carboxylic acid groups (broad SMARTS) is 1. The van der Waals surface area contributed by atoms with Crippen molar-refractivity contribution in [3.8, 4) is 0 Å². The summed E-state index contributed by atoms with van der Waals surface area (Å²) in [5, 5.41) is 21.2. The normalized spacial score (nSPS) is 21.8. The van der Waals surface area contributed by atoms with Crippen molar-refractivity contribution in [3.05, 3.63) is 29.6 Å². The van der Waals surface area contributed by atoms with E-state index in [1.807, 2.05) is 19.1 Å². The Balaban J connectivity index is 1.94. The summed E-state index contributed by atoms with van der Waals surface area (Å²) in [6, 6.07) is 2.22. The van der Waals surface area contributed by atoms with Gasteiger partial charge in [0.25, 0.3) is 0 Å². The third-order valence-corrected chi connectivity index (χ3v) is 3.24. The maximum atomic E-state index is 12.0. The van der Waals surface area contributed by atoms with Crippen LogP contribution in [0, 0.1) is 6.92 Å². The molecular weight excluding hydrogens is 262 g/mol. The smallest absolute Gasteiger partial charge is 0.326 e. The molecule has 7 nitrogen and oxygen atoms in total. The molecule has 2 heterocycles. The Hall–Kier alpha value is -2.15. The van der Waals surface area contributed by atoms with E-state index in [0.29, 0.717) is 0 Å². The molecule has 20 heavy (non-hydrogen) atoms. The predicted molar refractivity (Wildman–Crippen MR) is 70.0 cm³/mol. The van der Waals surface area contributed by atoms with Crippen LogP contribution in [0.2, 0.25) is 0 Å². The number of hydrogen-bond acceptors (Lipinski definition) is 4. The summed E-state index contributed by atoms with van der Waals surface area (Å²) in [5.74, 6) is -1.10. The number of aliphatic hydroxyl groups excluding tert-OH is 1. The lowest BCUT2D eigenvalue weighted by Crippen LogP contribution is -2.45. The lowest BCUT2D eigenvalue weighted by atomic mass is 10.2. The monoisotopic (exact) mass is 279 g/mol. The van der Waals surface area contributed by atoms with Crippen LogP contribution < -0.4 is 5.32 Å². The second-order valence-corrected chi connectivity index (χ2v) is 4.86. The van der Waals surface area contributed by atoms with Gasteiger partial charge in [-0.25, -0.2) is 9.59 Å². The van der Waals surface area contributed by atoms with E-state index in [4.69, 9.17) is 5.11 Å². The van der Waals surface area contributed by atoms with E-state index < -0.39 is 24.1 Å². The number of likely N-dealkylation sites (tertiary alicyclic amines) is 1. The molecule has 0 aromatic carbocycles. The van der Waals surface area contributed by atoms with Crippen molar-refractivity contribution in [1.29, 1.82) is 0 Å². The van der Waals surface area contributed by atoms with Crippen molar-refractivity contribution in [2.75, 3.05) is 6.54 Å². The highest BCUT2D eigenvalue weighted by atomic mass is 16.4. The molecule has 2 rings (SSSR count). The van der Waals surface area contributed by atoms with E-state index in [1.165, 1.54) is 0 Å². The van der Waals surface area contributed by atoms with E-state index in [2.05, 4.69) is 10.3 Å². The molecule has 7 heteroatoms. The molecular formula is C13H17N3O4. The molecule has 1 saturated heterocycles. The average molecular weight is 279 g/mol. The van der Waals surface area contributed by atoms with E-state index in [9.17, 15) is 14.7 Å². The summed E-state index contributed by atoms with van der Waals surface area (Å²) in [6.07, 6.45) is 0.931. The van der Waals surface area contributed by atoms with Crippen LogP contribution in [0.25, 0.3) is 0 Å². The van der Waals surface area contributed by atoms with Crippen LogP contribution in [-0.4, -0.2) is 50.8 Å². The van der Waals surface area contributed by atoms with Gasteiger partial charge in [0.2, 0.25) is 0 Å². The van der Waals surface area contributed by atoms with Crippen molar-refractivity contribution in [2.24, 2.45) is 0 Å². The third kappa shape index (κ3) is 3.24. The van der Waals surface area contributed by atoms with E-state index in [1.54, 1.807) is 6.20 Å². The first-order valence-corrected chi connectivity index (χ1v) is 6.34. The maximum absolute atomic E-state index is 12.0. The van der Waals surface area contributed by atoms with Crippen molar-refractivity contribution < 1.29 is 19.8 Å². The first-order chi connectivity index (χ1) is 9.47. The summed E-state index contributed by atoms with van der Waals surface area (Å²) in [7, 11) is 0. The molecule has 1 aromatic rings. The van der Waals surface area contributed by atoms with Crippen molar-refractivity contribution in [2.45, 2.75) is 32.0 Å². The molecule has 0 aliphatic carbocycles. The summed E-state index contributed by atoms with van der Waals surface area (Å²) >= 11 is 0. The molecule has 1 fully saturated rings. The van der Waals surface area contributed by atoms with Gasteiger partial charge in [0.15, 0.2) is 0 Å². The van der Waals surface area contributed by atoms with E-state index in [0.717, 1.165) is 16.2 Å². The number of aliphatic hydroxyl groups is 1. The molecule has 0 radical (unpaired) electrons. The van der Waals surface area contributed by atoms with Gasteiger partial charge in [-0.1, -0.05) is 6.07 Å². The van der Waals surface area contributed by atoms with Gasteiger partial charge in [-0.3, -0.25) is 4.98 Å². The number of aliphatic carboxylic acids is 1. The molecule has 2 amide bonds. The number of carbonyl (C=O) groups excluding carboxylic acids is 1. The number of rotatable bonds is 3. The first kappa shape index (κ1) is 14.3. The van der Waals surface area contributed by atoms with Gasteiger partial charge in [-0.15, -0.1) is 0 Å². The second kappa shape index (κ2) is 5.87. The first-order valence-electron chi connectivity index (χ1n) is 6.34. The van der Waals surface area contributed by atoms with Crippen molar-refractivity contribution >= 4 is 12.0 Å². The molecule has 108 valence electrons. The SMILES string of the molecule is Cc1ccc(CNC(=O)N2CC(O)CC2C(=O)O)cn1. The fourth-order valence-corrected chi connectivity index (χ4v) is 2.15. The second-order valence-electron chi connectivity index (χ2n) is 4.86. The number of aromatic nitrogens is 1. The molecule has 1 aliphatic rings. The van der Waals surface area contributed by atoms with Crippen LogP contribution in [0.4, 0.5) is 4.79 Å². The fraction of sp³-hybridized carbons (Fsp3) is 0.462. The minimum Gasteiger partial charge on any atom is -0.480 e. The Kier molecular flexibility index (Phi) is 4.19. The molecule has 2 unspecified atom stereocenters. The number of nitrogens with zero attached hydrogens (tertiary/aromatic N) is 2. The van der Waals surface area contributed by atoms with Gasteiger partial charge >= 0.3 is 12.0 Å². The van der Waals surface area contributed by atoms with Gasteiger partial charge in [0, 0.05) is 31.4 Å². The van der Waals surface area contributed by atoms with Crippen molar-refractivity contribution in [3.63, 3.8) is 0 Å². The fourth-order valence-electron chi connectivity index (χ4n) is 2.15. The molecule has 2 atom stereocenters. The van der Waals surface area contributed by atoms with Crippen LogP contribution in [0.3, 0.4) is 0 Å². The number of aryl methyl sites for hydroxylation is 1. The van der Waals surface area contributed by atoms with Crippen LogP contribution in [0.15, 0.2) is 18.3 Å². The summed E-state index contributed by atoms with van der Waals surface area (Å²) in [4.78, 5) is 28.3. The van der Waals surface area contributed by atoms with Crippen LogP contribution in [0.5, 0.6) is 0 Å². The van der Waals surface area contributed by atoms with Gasteiger partial charge in [0.1, 0.15) is 6.04 Å². The molecule has 1 aliphatic heterocycles. The highest BCUT2D eigenvalue weighted by Gasteiger charge is 2.38. The molecule has 3 N–H and O–H groups in total. The number of amides is 2. The number of carboxylic acids is 1. The Morgan fingerprint density at radius 1 is 1.50 bits per heavy atom. The molecule has 0 spiro atoms. The molecule has 1 aromatic heterocycles. The quantitative estimate of drug-likeness (QED) is 0.729. The largest absolute Gasteiger partial charge is 0.480 e. The van der Waals surface area contributed by atoms with Crippen LogP contribution >= 0.6 is 0 Å². The summed E-state index contributed by atoms with van der Waals surface area (Å²) < 4.78 is 0. The third-order valence-electron chi connectivity index (χ3n) is 3.24. The summed E-state index contributed by atoms with van der Waals surface area (Å²) in [6.45, 7) is 2.17. The van der Waals surface area contributed by atoms with Gasteiger partial charge in [0.05, 0.1) is 6.10 Å². The number of carbonyl (C=O) groups is 2. The zero-order valence-corrected chi connectivity index (χ0v) is 11.1. The lowest BCUT2D eigenvalue weighted by molar-refractivity contribution is -0.141. The highest BCUT2D eigenvalue weighted by Crippen LogP contribution is 2.18. The number of urea groups is 1. The number of β-amino-alcohol motifs (C(OH)–C–C–N with tert-alkyl or cyclic N) is 1. The number of hydrogen-bond donors (Lipinski definition) is 3. The Morgan fingerprint density at radius 2 is 2.25 bits per heavy atom. The predicted octanol–water partition coefficient (Wildman–Crippen LogP) is 0.119. The number of nitrogens with one attached hydrogen (secondary N) is 1. The molecule has 0 saturated carbocycles. The van der Waals surface area contributed by atoms with Gasteiger partial charge < -0.3 is 20.4 Å². The Labute approximate surface area is 116 Å². The standard InChI is InChI=1S/C13H17N3O4/c1-8-2-3-9(5-14-8)6-15-13(20)16-7-10(17)4-11(16)12(18)19/h2-3,5,10-11,17H,4,6-7H2,1H3,(H,15,20)(H,18,19). The Morgan fingerprint density at radius 3 is 2.85 bits per heavy atom. The van der Waals surface area contributed by atoms with Gasteiger partial charge in [-0.2, -0.15) is 0 Å². The lowest BCUT2D eigenvalue weighted by Gasteiger charge is -2.21. The molecule has 0 bridgehead atoms. The van der Waals surface area contributed by atoms with E-state index in [-0.39, 0.29) is 19.5 Å². The average Bonchev–Trinajstić information content (AvgIpc) is 2.80. The highest BCUT2D eigenvalue weighted by molar-refractivity contribution is 5.83. The zero-order chi connectivity index (χ0) is 14.7. The minimum absolute atomic E-state index is 0.0367. The topological polar surface area (TPSA) is 103 Å². The zero-order valence-electron chi connectivity index (χ0n) is 11.1. The van der Waals surface area contributed by atoms with Crippen LogP contribution in [-0.2, 0) is 11.3 Å². The van der Waals surface area contributed by atoms with Crippen molar-refractivity contribution in [1.82, 2.24) is 15.2 Å². The maximum Gasteiger partial charge on any atom is 0.326 e. The Bertz CT molecular complexity index is 503.